The first kappa shape index (κ1) is 11.4. The van der Waals surface area contributed by atoms with E-state index in [2.05, 4.69) is 4.99 Å². The normalized spacial score (nSPS) is 10.9. The minimum Gasteiger partial charge on any atom is -0.497 e. The van der Waals surface area contributed by atoms with Gasteiger partial charge in [-0.1, -0.05) is 0 Å². The van der Waals surface area contributed by atoms with Gasteiger partial charge in [0.05, 0.1) is 19.0 Å². The summed E-state index contributed by atoms with van der Waals surface area (Å²) in [7, 11) is 1.62. The molecule has 0 fully saturated rings. The third-order valence-electron chi connectivity index (χ3n) is 2.25. The molecule has 2 aromatic rings. The molecule has 0 aliphatic rings. The number of aliphatic imine (C=N–C) groups is 1. The molecule has 0 aliphatic heterocycles. The fraction of sp³-hybridized carbons (Fsp3) is 0.154. The Morgan fingerprint density at radius 1 is 1.24 bits per heavy atom. The Kier molecular flexibility index (Phi) is 3.57. The molecule has 0 radical (unpaired) electrons. The van der Waals surface area contributed by atoms with Crippen molar-refractivity contribution in [2.75, 3.05) is 7.11 Å². The second-order valence-electron chi connectivity index (χ2n) is 3.42. The van der Waals surface area contributed by atoms with E-state index in [9.17, 15) is 0 Å². The largest absolute Gasteiger partial charge is 0.497 e. The SMILES string of the molecule is COc1ccc(N=Cc2ccc(CO)o2)cc1. The summed E-state index contributed by atoms with van der Waals surface area (Å²) >= 11 is 0. The van der Waals surface area contributed by atoms with E-state index >= 15 is 0 Å². The summed E-state index contributed by atoms with van der Waals surface area (Å²) in [6.07, 6.45) is 1.61. The van der Waals surface area contributed by atoms with E-state index in [1.165, 1.54) is 0 Å². The molecule has 0 saturated carbocycles. The highest BCUT2D eigenvalue weighted by Crippen LogP contribution is 2.17. The first-order valence-corrected chi connectivity index (χ1v) is 5.19. The molecule has 17 heavy (non-hydrogen) atoms. The molecule has 0 saturated heterocycles. The smallest absolute Gasteiger partial charge is 0.145 e. The van der Waals surface area contributed by atoms with Gasteiger partial charge in [0.25, 0.3) is 0 Å². The highest BCUT2D eigenvalue weighted by molar-refractivity contribution is 5.78. The lowest BCUT2D eigenvalue weighted by atomic mass is 10.3. The number of nitrogens with zero attached hydrogens (tertiary/aromatic N) is 1. The van der Waals surface area contributed by atoms with Crippen molar-refractivity contribution in [2.45, 2.75) is 6.61 Å². The summed E-state index contributed by atoms with van der Waals surface area (Å²) in [6.45, 7) is -0.101. The maximum absolute atomic E-state index is 8.84. The summed E-state index contributed by atoms with van der Waals surface area (Å²) in [5, 5.41) is 8.84. The maximum Gasteiger partial charge on any atom is 0.145 e. The molecule has 0 bridgehead atoms. The van der Waals surface area contributed by atoms with Crippen LogP contribution in [0.4, 0.5) is 5.69 Å². The molecule has 2 rings (SSSR count). The molecule has 1 aromatic heterocycles. The fourth-order valence-electron chi connectivity index (χ4n) is 1.36. The molecule has 1 aromatic carbocycles. The van der Waals surface area contributed by atoms with Crippen molar-refractivity contribution in [1.29, 1.82) is 0 Å². The second kappa shape index (κ2) is 5.32. The molecule has 4 nitrogen and oxygen atoms in total. The number of hydrogen-bond acceptors (Lipinski definition) is 4. The average Bonchev–Trinajstić information content (AvgIpc) is 2.85. The number of ether oxygens (including phenoxy) is 1. The molecule has 0 aliphatic carbocycles. The Morgan fingerprint density at radius 3 is 2.59 bits per heavy atom. The molecule has 4 heteroatoms. The number of aliphatic hydroxyl groups is 1. The Labute approximate surface area is 99.2 Å². The van der Waals surface area contributed by atoms with Crippen LogP contribution in [0.2, 0.25) is 0 Å². The summed E-state index contributed by atoms with van der Waals surface area (Å²) in [5.74, 6) is 1.94. The predicted molar refractivity (Wildman–Crippen MR) is 64.9 cm³/mol. The van der Waals surface area contributed by atoms with Crippen LogP contribution >= 0.6 is 0 Å². The van der Waals surface area contributed by atoms with Gasteiger partial charge in [0.1, 0.15) is 23.9 Å². The first-order chi connectivity index (χ1) is 8.31. The van der Waals surface area contributed by atoms with E-state index in [4.69, 9.17) is 14.3 Å². The van der Waals surface area contributed by atoms with Crippen LogP contribution in [0.5, 0.6) is 5.75 Å². The van der Waals surface area contributed by atoms with Crippen LogP contribution in [0.15, 0.2) is 45.8 Å². The van der Waals surface area contributed by atoms with Crippen LogP contribution in [0.3, 0.4) is 0 Å². The van der Waals surface area contributed by atoms with Crippen molar-refractivity contribution in [3.8, 4) is 5.75 Å². The number of aliphatic hydroxyl groups excluding tert-OH is 1. The van der Waals surface area contributed by atoms with Gasteiger partial charge < -0.3 is 14.3 Å². The van der Waals surface area contributed by atoms with Crippen molar-refractivity contribution >= 4 is 11.9 Å². The van der Waals surface area contributed by atoms with Crippen molar-refractivity contribution in [2.24, 2.45) is 4.99 Å². The number of furan rings is 1. The van der Waals surface area contributed by atoms with E-state index in [1.807, 2.05) is 24.3 Å². The maximum atomic E-state index is 8.84. The van der Waals surface area contributed by atoms with Crippen molar-refractivity contribution in [1.82, 2.24) is 0 Å². The van der Waals surface area contributed by atoms with E-state index in [-0.39, 0.29) is 6.61 Å². The lowest BCUT2D eigenvalue weighted by Crippen LogP contribution is -1.80. The number of hydrogen-bond donors (Lipinski definition) is 1. The highest BCUT2D eigenvalue weighted by Gasteiger charge is 1.97. The van der Waals surface area contributed by atoms with Gasteiger partial charge in [-0.15, -0.1) is 0 Å². The molecule has 0 amide bonds. The zero-order valence-electron chi connectivity index (χ0n) is 9.46. The molecule has 1 heterocycles. The Bertz CT molecular complexity index is 500. The molecular weight excluding hydrogens is 218 g/mol. The van der Waals surface area contributed by atoms with Crippen molar-refractivity contribution in [3.63, 3.8) is 0 Å². The van der Waals surface area contributed by atoms with Gasteiger partial charge in [0.15, 0.2) is 0 Å². The topological polar surface area (TPSA) is 55.0 Å². The van der Waals surface area contributed by atoms with Gasteiger partial charge in [-0.05, 0) is 36.4 Å². The van der Waals surface area contributed by atoms with E-state index in [0.29, 0.717) is 11.5 Å². The standard InChI is InChI=1S/C13H13NO3/c1-16-11-4-2-10(3-5-11)14-8-12-6-7-13(9-15)17-12/h2-8,15H,9H2,1H3. The third kappa shape index (κ3) is 2.95. The van der Waals surface area contributed by atoms with Gasteiger partial charge in [0.2, 0.25) is 0 Å². The van der Waals surface area contributed by atoms with Crippen LogP contribution in [0, 0.1) is 0 Å². The lowest BCUT2D eigenvalue weighted by molar-refractivity contribution is 0.247. The predicted octanol–water partition coefficient (Wildman–Crippen LogP) is 2.53. The molecule has 0 spiro atoms. The Balaban J connectivity index is 2.08. The minimum absolute atomic E-state index is 0.101. The Hall–Kier alpha value is -2.07. The van der Waals surface area contributed by atoms with Crippen LogP contribution in [0.1, 0.15) is 11.5 Å². The monoisotopic (exact) mass is 231 g/mol. The summed E-state index contributed by atoms with van der Waals surface area (Å²) < 4.78 is 10.3. The van der Waals surface area contributed by atoms with Gasteiger partial charge in [0, 0.05) is 0 Å². The minimum atomic E-state index is -0.101. The van der Waals surface area contributed by atoms with Crippen molar-refractivity contribution in [3.05, 3.63) is 47.9 Å². The highest BCUT2D eigenvalue weighted by atomic mass is 16.5. The van der Waals surface area contributed by atoms with Crippen LogP contribution in [-0.2, 0) is 6.61 Å². The van der Waals surface area contributed by atoms with Crippen LogP contribution < -0.4 is 4.74 Å². The average molecular weight is 231 g/mol. The summed E-state index contributed by atoms with van der Waals surface area (Å²) in [6, 6.07) is 10.9. The van der Waals surface area contributed by atoms with Gasteiger partial charge in [-0.2, -0.15) is 0 Å². The zero-order valence-corrected chi connectivity index (χ0v) is 9.46. The molecule has 0 unspecified atom stereocenters. The van der Waals surface area contributed by atoms with Gasteiger partial charge in [-0.3, -0.25) is 4.99 Å². The zero-order chi connectivity index (χ0) is 12.1. The number of benzene rings is 1. The van der Waals surface area contributed by atoms with Gasteiger partial charge in [-0.25, -0.2) is 0 Å². The number of methoxy groups -OCH3 is 1. The van der Waals surface area contributed by atoms with E-state index < -0.39 is 0 Å². The van der Waals surface area contributed by atoms with Crippen LogP contribution in [-0.4, -0.2) is 18.4 Å². The van der Waals surface area contributed by atoms with Crippen molar-refractivity contribution < 1.29 is 14.3 Å². The number of rotatable bonds is 4. The van der Waals surface area contributed by atoms with Gasteiger partial charge >= 0.3 is 0 Å². The quantitative estimate of drug-likeness (QED) is 0.822. The second-order valence-corrected chi connectivity index (χ2v) is 3.42. The fourth-order valence-corrected chi connectivity index (χ4v) is 1.36. The molecule has 88 valence electrons. The van der Waals surface area contributed by atoms with E-state index in [1.54, 1.807) is 25.5 Å². The lowest BCUT2D eigenvalue weighted by Gasteiger charge is -1.98. The Morgan fingerprint density at radius 2 is 2.00 bits per heavy atom. The first-order valence-electron chi connectivity index (χ1n) is 5.19. The third-order valence-corrected chi connectivity index (χ3v) is 2.25. The summed E-state index contributed by atoms with van der Waals surface area (Å²) in [5.41, 5.74) is 0.813. The van der Waals surface area contributed by atoms with Crippen LogP contribution in [0.25, 0.3) is 0 Å². The van der Waals surface area contributed by atoms with E-state index in [0.717, 1.165) is 11.4 Å². The molecular formula is C13H13NO3. The summed E-state index contributed by atoms with van der Waals surface area (Å²) in [4.78, 5) is 4.24. The molecule has 0 atom stereocenters. The molecule has 1 N–H and O–H groups in total.